The minimum atomic E-state index is -1.05. The molecule has 0 saturated heterocycles. The van der Waals surface area contributed by atoms with Crippen LogP contribution in [0.25, 0.3) is 5.57 Å². The van der Waals surface area contributed by atoms with Crippen LogP contribution in [0.3, 0.4) is 0 Å². The first kappa shape index (κ1) is 31.1. The number of benzene rings is 2. The number of hydrogen-bond donors (Lipinski definition) is 2. The van der Waals surface area contributed by atoms with Gasteiger partial charge in [0, 0.05) is 41.1 Å². The summed E-state index contributed by atoms with van der Waals surface area (Å²) < 4.78 is 29.2. The van der Waals surface area contributed by atoms with E-state index in [0.717, 1.165) is 41.4 Å². The smallest absolute Gasteiger partial charge is 0.178 e. The molecule has 0 bridgehead atoms. The van der Waals surface area contributed by atoms with Gasteiger partial charge in [0.05, 0.1) is 16.4 Å². The zero-order valence-corrected chi connectivity index (χ0v) is 25.7. The highest BCUT2D eigenvalue weighted by Crippen LogP contribution is 2.39. The van der Waals surface area contributed by atoms with Crippen LogP contribution in [0.15, 0.2) is 65.4 Å². The molecule has 0 radical (unpaired) electrons. The van der Waals surface area contributed by atoms with Gasteiger partial charge in [0.25, 0.3) is 0 Å². The molecule has 1 fully saturated rings. The highest BCUT2D eigenvalue weighted by atomic mass is 35.5. The maximum Gasteiger partial charge on any atom is 0.178 e. The zero-order valence-electron chi connectivity index (χ0n) is 25.0. The van der Waals surface area contributed by atoms with Gasteiger partial charge in [-0.1, -0.05) is 62.4 Å². The second-order valence-corrected chi connectivity index (χ2v) is 12.7. The van der Waals surface area contributed by atoms with Crippen molar-refractivity contribution >= 4 is 40.1 Å². The maximum atomic E-state index is 14.9. The summed E-state index contributed by atoms with van der Waals surface area (Å²) in [7, 11) is 0. The molecule has 2 aromatic carbocycles. The summed E-state index contributed by atoms with van der Waals surface area (Å²) in [6, 6.07) is 8.54. The zero-order chi connectivity index (χ0) is 30.5. The molecule has 2 aromatic rings. The molecule has 1 unspecified atom stereocenters. The summed E-state index contributed by atoms with van der Waals surface area (Å²) in [4.78, 5) is 17.8. The summed E-state index contributed by atoms with van der Waals surface area (Å²) in [6.45, 7) is 4.23. The first-order valence-electron chi connectivity index (χ1n) is 15.5. The number of halogens is 3. The summed E-state index contributed by atoms with van der Waals surface area (Å²) >= 11 is 5.81. The van der Waals surface area contributed by atoms with Crippen molar-refractivity contribution in [2.24, 2.45) is 22.7 Å². The van der Waals surface area contributed by atoms with E-state index in [0.29, 0.717) is 42.0 Å². The number of anilines is 1. The predicted octanol–water partition coefficient (Wildman–Crippen LogP) is 10.3. The number of aryl methyl sites for hydroxylation is 1. The molecule has 2 aliphatic carbocycles. The van der Waals surface area contributed by atoms with Crippen molar-refractivity contribution in [3.8, 4) is 0 Å². The van der Waals surface area contributed by atoms with Gasteiger partial charge in [0.2, 0.25) is 0 Å². The molecular formula is C36H40ClF2N3O. The van der Waals surface area contributed by atoms with Crippen molar-refractivity contribution in [1.82, 2.24) is 0 Å². The Kier molecular flexibility index (Phi) is 10.1. The molecule has 7 heteroatoms. The van der Waals surface area contributed by atoms with Crippen molar-refractivity contribution in [2.75, 3.05) is 5.32 Å². The number of carbonyl (C=O) groups is 1. The lowest BCUT2D eigenvalue weighted by Gasteiger charge is -2.26. The van der Waals surface area contributed by atoms with Gasteiger partial charge in [0.15, 0.2) is 17.4 Å². The number of aliphatic imine (C=N–C) groups is 1. The van der Waals surface area contributed by atoms with E-state index < -0.39 is 11.6 Å². The van der Waals surface area contributed by atoms with E-state index in [1.165, 1.54) is 37.8 Å². The number of nitrogens with one attached hydrogen (secondary N) is 2. The number of nitrogens with zero attached hydrogens (tertiary/aromatic N) is 1. The molecular weight excluding hydrogens is 564 g/mol. The van der Waals surface area contributed by atoms with Crippen LogP contribution in [-0.4, -0.2) is 17.2 Å². The lowest BCUT2D eigenvalue weighted by Crippen LogP contribution is -2.20. The standard InChI is InChI=1S/C36H40ClF2N3O/c1-22-9-11-24(12-10-22)13-14-25(40)20-33(43)27-16-15-26(19-23(27)2)42-32-8-6-4-3-5-7-29-30(21-41-36(29)32)28-17-18-31(37)35(39)34(28)38/h3-4,8,15-19,21-22,24,29,40,42H,5-7,9-14,20H2,1-2H3/b4-3-,32-8-,40-25?. The fraction of sp³-hybridized carbons (Fsp3) is 0.417. The Hall–Kier alpha value is -3.38. The largest absolute Gasteiger partial charge is 0.354 e. The molecule has 1 saturated carbocycles. The Balaban J connectivity index is 1.26. The van der Waals surface area contributed by atoms with Gasteiger partial charge < -0.3 is 10.7 Å². The highest BCUT2D eigenvalue weighted by molar-refractivity contribution is 6.30. The molecule has 0 aromatic heterocycles. The number of Topliss-reactive ketones (excluding diaryl/α,β-unsaturated/α-hetero) is 1. The van der Waals surface area contributed by atoms with E-state index in [2.05, 4.69) is 29.4 Å². The van der Waals surface area contributed by atoms with Crippen molar-refractivity contribution in [2.45, 2.75) is 78.1 Å². The SMILES string of the molecule is Cc1cc(N/C2=C\C/C=C\CCC3C(c4ccc(Cl)c(F)c4F)=CN=C23)ccc1C(=O)CC(=N)CCC1CCC(C)CC1. The van der Waals surface area contributed by atoms with Gasteiger partial charge in [0.1, 0.15) is 0 Å². The summed E-state index contributed by atoms with van der Waals surface area (Å²) in [6.07, 6.45) is 16.9. The van der Waals surface area contributed by atoms with E-state index in [1.54, 1.807) is 6.20 Å². The van der Waals surface area contributed by atoms with Crippen molar-refractivity contribution < 1.29 is 13.6 Å². The van der Waals surface area contributed by atoms with Gasteiger partial charge in [-0.05, 0) is 92.3 Å². The normalized spacial score (nSPS) is 23.9. The van der Waals surface area contributed by atoms with Crippen molar-refractivity contribution in [3.05, 3.63) is 93.8 Å². The lowest BCUT2D eigenvalue weighted by atomic mass is 9.80. The molecule has 4 nitrogen and oxygen atoms in total. The van der Waals surface area contributed by atoms with E-state index in [4.69, 9.17) is 17.0 Å². The molecule has 0 amide bonds. The highest BCUT2D eigenvalue weighted by Gasteiger charge is 2.31. The minimum Gasteiger partial charge on any atom is -0.354 e. The molecule has 1 aliphatic heterocycles. The van der Waals surface area contributed by atoms with Crippen molar-refractivity contribution in [3.63, 3.8) is 0 Å². The summed E-state index contributed by atoms with van der Waals surface area (Å²) in [5.74, 6) is -0.760. The number of allylic oxidation sites excluding steroid dienone is 5. The lowest BCUT2D eigenvalue weighted by molar-refractivity contribution is 0.0999. The number of fused-ring (bicyclic) bond motifs is 1. The number of ketones is 1. The van der Waals surface area contributed by atoms with Crippen LogP contribution in [0, 0.1) is 41.7 Å². The van der Waals surface area contributed by atoms with E-state index in [9.17, 15) is 13.6 Å². The summed E-state index contributed by atoms with van der Waals surface area (Å²) in [5, 5.41) is 11.7. The molecule has 43 heavy (non-hydrogen) atoms. The molecule has 1 heterocycles. The second kappa shape index (κ2) is 13.9. The van der Waals surface area contributed by atoms with Gasteiger partial charge in [-0.2, -0.15) is 0 Å². The topological polar surface area (TPSA) is 65.3 Å². The third kappa shape index (κ3) is 7.41. The van der Waals surface area contributed by atoms with Crippen LogP contribution in [0.4, 0.5) is 14.5 Å². The number of carbonyl (C=O) groups excluding carboxylic acids is 1. The maximum absolute atomic E-state index is 14.9. The molecule has 3 aliphatic rings. The van der Waals surface area contributed by atoms with Crippen LogP contribution < -0.4 is 5.32 Å². The Morgan fingerprint density at radius 3 is 2.63 bits per heavy atom. The average molecular weight is 604 g/mol. The van der Waals surface area contributed by atoms with Gasteiger partial charge >= 0.3 is 0 Å². The number of hydrogen-bond acceptors (Lipinski definition) is 4. The van der Waals surface area contributed by atoms with E-state index in [1.807, 2.05) is 31.2 Å². The second-order valence-electron chi connectivity index (χ2n) is 12.3. The molecule has 226 valence electrons. The summed E-state index contributed by atoms with van der Waals surface area (Å²) in [5.41, 5.74) is 5.17. The molecule has 5 rings (SSSR count). The minimum absolute atomic E-state index is 0.0237. The van der Waals surface area contributed by atoms with Crippen LogP contribution in [0.5, 0.6) is 0 Å². The average Bonchev–Trinajstić information content (AvgIpc) is 3.42. The molecule has 0 spiro atoms. The first-order chi connectivity index (χ1) is 20.7. The third-order valence-electron chi connectivity index (χ3n) is 9.09. The first-order valence-corrected chi connectivity index (χ1v) is 15.8. The van der Waals surface area contributed by atoms with E-state index in [-0.39, 0.29) is 28.7 Å². The molecule has 1 atom stereocenters. The Morgan fingerprint density at radius 2 is 1.86 bits per heavy atom. The Morgan fingerprint density at radius 1 is 1.07 bits per heavy atom. The van der Waals surface area contributed by atoms with Gasteiger partial charge in [-0.3, -0.25) is 9.79 Å². The fourth-order valence-electron chi connectivity index (χ4n) is 6.49. The number of rotatable bonds is 9. The quantitative estimate of drug-likeness (QED) is 0.130. The van der Waals surface area contributed by atoms with Crippen LogP contribution in [-0.2, 0) is 0 Å². The monoisotopic (exact) mass is 603 g/mol. The van der Waals surface area contributed by atoms with Gasteiger partial charge in [-0.25, -0.2) is 8.78 Å². The fourth-order valence-corrected chi connectivity index (χ4v) is 6.63. The van der Waals surface area contributed by atoms with Crippen molar-refractivity contribution in [1.29, 1.82) is 5.41 Å². The predicted molar refractivity (Wildman–Crippen MR) is 173 cm³/mol. The van der Waals surface area contributed by atoms with E-state index >= 15 is 0 Å². The Labute approximate surface area is 258 Å². The third-order valence-corrected chi connectivity index (χ3v) is 9.38. The van der Waals surface area contributed by atoms with Gasteiger partial charge in [-0.15, -0.1) is 0 Å². The Bertz CT molecular complexity index is 1510. The van der Waals surface area contributed by atoms with Crippen LogP contribution >= 0.6 is 11.6 Å². The van der Waals surface area contributed by atoms with Crippen LogP contribution in [0.1, 0.15) is 92.6 Å². The van der Waals surface area contributed by atoms with Crippen LogP contribution in [0.2, 0.25) is 5.02 Å². The molecule has 2 N–H and O–H groups in total.